The first-order chi connectivity index (χ1) is 13.7. The summed E-state index contributed by atoms with van der Waals surface area (Å²) in [6.45, 7) is 4.18. The topological polar surface area (TPSA) is 107 Å². The van der Waals surface area contributed by atoms with Crippen LogP contribution in [0.1, 0.15) is 24.2 Å². The molecule has 5 rings (SSSR count). The van der Waals surface area contributed by atoms with Crippen molar-refractivity contribution in [3.8, 4) is 17.4 Å². The van der Waals surface area contributed by atoms with Crippen molar-refractivity contribution in [2.45, 2.75) is 26.9 Å². The lowest BCUT2D eigenvalue weighted by Crippen LogP contribution is -2.03. The molecule has 4 heterocycles. The number of rotatable bonds is 5. The Balaban J connectivity index is 1.62. The first-order valence-corrected chi connectivity index (χ1v) is 8.96. The molecule has 0 saturated heterocycles. The third-order valence-corrected chi connectivity index (χ3v) is 4.46. The maximum atomic E-state index is 6.02. The smallest absolute Gasteiger partial charge is 0.240 e. The summed E-state index contributed by atoms with van der Waals surface area (Å²) in [5.41, 5.74) is 2.02. The van der Waals surface area contributed by atoms with Gasteiger partial charge in [0.1, 0.15) is 18.2 Å². The standard InChI is InChI=1S/C19H17N7O2/c1-3-16-20-9-12(21-16)10-27-19-14-7-5-4-6-13(14)17-22-23-18(26(17)24-19)15-8-11(2)28-25-15/h4-9H,3,10H2,1-2H3,(H,20,21). The molecule has 0 amide bonds. The van der Waals surface area contributed by atoms with E-state index in [1.165, 1.54) is 0 Å². The summed E-state index contributed by atoms with van der Waals surface area (Å²) in [4.78, 5) is 7.61. The van der Waals surface area contributed by atoms with Crippen LogP contribution in [0.2, 0.25) is 0 Å². The molecular weight excluding hydrogens is 358 g/mol. The first kappa shape index (κ1) is 16.4. The Kier molecular flexibility index (Phi) is 3.78. The van der Waals surface area contributed by atoms with Crippen LogP contribution < -0.4 is 4.74 Å². The Morgan fingerprint density at radius 3 is 2.79 bits per heavy atom. The number of benzene rings is 1. The van der Waals surface area contributed by atoms with Gasteiger partial charge in [-0.3, -0.25) is 0 Å². The molecule has 4 aromatic heterocycles. The number of imidazole rings is 1. The second-order valence-electron chi connectivity index (χ2n) is 6.41. The largest absolute Gasteiger partial charge is 0.470 e. The van der Waals surface area contributed by atoms with E-state index in [1.807, 2.05) is 44.3 Å². The van der Waals surface area contributed by atoms with Gasteiger partial charge >= 0.3 is 0 Å². The van der Waals surface area contributed by atoms with E-state index in [0.717, 1.165) is 28.7 Å². The molecule has 0 unspecified atom stereocenters. The van der Waals surface area contributed by atoms with Gasteiger partial charge in [-0.05, 0) is 13.0 Å². The molecule has 0 bridgehead atoms. The molecule has 1 N–H and O–H groups in total. The monoisotopic (exact) mass is 375 g/mol. The Bertz CT molecular complexity index is 1280. The maximum Gasteiger partial charge on any atom is 0.240 e. The highest BCUT2D eigenvalue weighted by atomic mass is 16.5. The van der Waals surface area contributed by atoms with Gasteiger partial charge in [-0.2, -0.15) is 4.52 Å². The second-order valence-corrected chi connectivity index (χ2v) is 6.41. The second kappa shape index (κ2) is 6.45. The highest BCUT2D eigenvalue weighted by Crippen LogP contribution is 2.29. The first-order valence-electron chi connectivity index (χ1n) is 8.96. The number of H-pyrrole nitrogens is 1. The van der Waals surface area contributed by atoms with Crippen molar-refractivity contribution in [2.75, 3.05) is 0 Å². The zero-order valence-corrected chi connectivity index (χ0v) is 15.4. The fraction of sp³-hybridized carbons (Fsp3) is 0.211. The summed E-state index contributed by atoms with van der Waals surface area (Å²) < 4.78 is 12.8. The zero-order valence-electron chi connectivity index (χ0n) is 15.4. The van der Waals surface area contributed by atoms with Crippen LogP contribution in [-0.4, -0.2) is 34.9 Å². The van der Waals surface area contributed by atoms with Gasteiger partial charge in [0.2, 0.25) is 11.7 Å². The summed E-state index contributed by atoms with van der Waals surface area (Å²) in [6, 6.07) is 9.60. The number of ether oxygens (including phenoxy) is 1. The molecule has 5 aromatic rings. The number of nitrogens with one attached hydrogen (secondary N) is 1. The van der Waals surface area contributed by atoms with Crippen LogP contribution in [0.15, 0.2) is 41.1 Å². The number of aromatic amines is 1. The van der Waals surface area contributed by atoms with Crippen molar-refractivity contribution in [1.29, 1.82) is 0 Å². The van der Waals surface area contributed by atoms with Crippen molar-refractivity contribution in [2.24, 2.45) is 0 Å². The van der Waals surface area contributed by atoms with Crippen LogP contribution in [0.4, 0.5) is 0 Å². The molecule has 9 heteroatoms. The van der Waals surface area contributed by atoms with Gasteiger partial charge in [0.25, 0.3) is 0 Å². The van der Waals surface area contributed by atoms with E-state index >= 15 is 0 Å². The normalized spacial score (nSPS) is 11.5. The Labute approximate surface area is 159 Å². The summed E-state index contributed by atoms with van der Waals surface area (Å²) in [6.07, 6.45) is 2.69. The van der Waals surface area contributed by atoms with Crippen molar-refractivity contribution in [3.05, 3.63) is 53.8 Å². The van der Waals surface area contributed by atoms with Gasteiger partial charge in [-0.15, -0.1) is 15.3 Å². The molecule has 0 aliphatic heterocycles. The van der Waals surface area contributed by atoms with Crippen molar-refractivity contribution in [3.63, 3.8) is 0 Å². The predicted molar refractivity (Wildman–Crippen MR) is 101 cm³/mol. The van der Waals surface area contributed by atoms with Crippen LogP contribution in [0, 0.1) is 6.92 Å². The van der Waals surface area contributed by atoms with E-state index in [1.54, 1.807) is 10.6 Å². The third-order valence-electron chi connectivity index (χ3n) is 4.46. The molecule has 0 aliphatic carbocycles. The summed E-state index contributed by atoms with van der Waals surface area (Å²) in [5.74, 6) is 2.59. The van der Waals surface area contributed by atoms with E-state index in [-0.39, 0.29) is 0 Å². The maximum absolute atomic E-state index is 6.02. The van der Waals surface area contributed by atoms with Gasteiger partial charge in [-0.25, -0.2) is 4.98 Å². The minimum Gasteiger partial charge on any atom is -0.470 e. The summed E-state index contributed by atoms with van der Waals surface area (Å²) in [5, 5.41) is 19.0. The van der Waals surface area contributed by atoms with Crippen molar-refractivity contribution < 1.29 is 9.26 Å². The number of hydrogen-bond acceptors (Lipinski definition) is 7. The molecule has 0 aliphatic rings. The Morgan fingerprint density at radius 1 is 1.18 bits per heavy atom. The van der Waals surface area contributed by atoms with Crippen LogP contribution >= 0.6 is 0 Å². The van der Waals surface area contributed by atoms with E-state index in [2.05, 4.69) is 30.4 Å². The predicted octanol–water partition coefficient (Wildman–Crippen LogP) is 3.11. The molecule has 0 fully saturated rings. The van der Waals surface area contributed by atoms with Crippen molar-refractivity contribution in [1.82, 2.24) is 34.9 Å². The SMILES string of the molecule is CCc1nc(COc2nn3c(-c4cc(C)on4)nnc3c3ccccc23)c[nH]1. The van der Waals surface area contributed by atoms with Gasteiger partial charge < -0.3 is 14.2 Å². The van der Waals surface area contributed by atoms with Gasteiger partial charge in [0.15, 0.2) is 11.3 Å². The molecule has 0 saturated carbocycles. The number of aryl methyl sites for hydroxylation is 2. The molecule has 1 aromatic carbocycles. The Morgan fingerprint density at radius 2 is 2.04 bits per heavy atom. The molecule has 0 radical (unpaired) electrons. The number of fused-ring (bicyclic) bond motifs is 3. The van der Waals surface area contributed by atoms with E-state index in [4.69, 9.17) is 9.26 Å². The van der Waals surface area contributed by atoms with E-state index < -0.39 is 0 Å². The summed E-state index contributed by atoms with van der Waals surface area (Å²) in [7, 11) is 0. The number of nitrogens with zero attached hydrogens (tertiary/aromatic N) is 6. The summed E-state index contributed by atoms with van der Waals surface area (Å²) >= 11 is 0. The quantitative estimate of drug-likeness (QED) is 0.503. The minimum absolute atomic E-state index is 0.305. The third kappa shape index (κ3) is 2.68. The average Bonchev–Trinajstić information content (AvgIpc) is 3.45. The lowest BCUT2D eigenvalue weighted by Gasteiger charge is -2.08. The van der Waals surface area contributed by atoms with E-state index in [0.29, 0.717) is 35.4 Å². The fourth-order valence-electron chi connectivity index (χ4n) is 3.09. The van der Waals surface area contributed by atoms with Gasteiger partial charge in [0.05, 0.1) is 5.69 Å². The lowest BCUT2D eigenvalue weighted by atomic mass is 10.2. The highest BCUT2D eigenvalue weighted by Gasteiger charge is 2.18. The lowest BCUT2D eigenvalue weighted by molar-refractivity contribution is 0.289. The van der Waals surface area contributed by atoms with Crippen LogP contribution in [0.25, 0.3) is 27.9 Å². The van der Waals surface area contributed by atoms with Crippen molar-refractivity contribution >= 4 is 16.4 Å². The van der Waals surface area contributed by atoms with Gasteiger partial charge in [0, 0.05) is 29.5 Å². The highest BCUT2D eigenvalue weighted by molar-refractivity contribution is 5.96. The molecule has 140 valence electrons. The molecule has 0 spiro atoms. The van der Waals surface area contributed by atoms with E-state index in [9.17, 15) is 0 Å². The zero-order chi connectivity index (χ0) is 19.1. The molecule has 28 heavy (non-hydrogen) atoms. The molecule has 0 atom stereocenters. The Hall–Kier alpha value is -3.75. The number of hydrogen-bond donors (Lipinski definition) is 1. The fourth-order valence-corrected chi connectivity index (χ4v) is 3.09. The van der Waals surface area contributed by atoms with Crippen LogP contribution in [0.3, 0.4) is 0 Å². The molecule has 9 nitrogen and oxygen atoms in total. The van der Waals surface area contributed by atoms with Gasteiger partial charge in [-0.1, -0.05) is 30.3 Å². The van der Waals surface area contributed by atoms with Crippen LogP contribution in [0.5, 0.6) is 5.88 Å². The number of aromatic nitrogens is 7. The van der Waals surface area contributed by atoms with Crippen LogP contribution in [-0.2, 0) is 13.0 Å². The average molecular weight is 375 g/mol. The minimum atomic E-state index is 0.305. The molecular formula is C19H17N7O2.